The molecule has 1 aromatic carbocycles. The van der Waals surface area contributed by atoms with Crippen molar-refractivity contribution in [2.24, 2.45) is 0 Å². The zero-order valence-corrected chi connectivity index (χ0v) is 11.5. The summed E-state index contributed by atoms with van der Waals surface area (Å²) in [5.74, 6) is -0.521. The minimum absolute atomic E-state index is 0.406. The monoisotopic (exact) mass is 316 g/mol. The zero-order valence-electron chi connectivity index (χ0n) is 9.88. The summed E-state index contributed by atoms with van der Waals surface area (Å²) >= 11 is 3.08. The van der Waals surface area contributed by atoms with Gasteiger partial charge in [0.2, 0.25) is 0 Å². The average molecular weight is 317 g/mol. The van der Waals surface area contributed by atoms with Gasteiger partial charge in [-0.2, -0.15) is 0 Å². The molecule has 0 aromatic heterocycles. The first-order chi connectivity index (χ1) is 8.63. The number of esters is 1. The van der Waals surface area contributed by atoms with E-state index in [0.29, 0.717) is 12.0 Å². The molecule has 1 unspecified atom stereocenters. The van der Waals surface area contributed by atoms with Crippen molar-refractivity contribution in [2.45, 2.75) is 36.7 Å². The molecule has 1 aromatic rings. The number of hydrogen-bond donors (Lipinski definition) is 0. The van der Waals surface area contributed by atoms with Crippen molar-refractivity contribution >= 4 is 21.9 Å². The van der Waals surface area contributed by atoms with Gasteiger partial charge in [0.1, 0.15) is 5.01 Å². The highest BCUT2D eigenvalue weighted by Crippen LogP contribution is 2.32. The van der Waals surface area contributed by atoms with Gasteiger partial charge in [-0.05, 0) is 18.6 Å². The minimum atomic E-state index is -1.34. The van der Waals surface area contributed by atoms with Gasteiger partial charge in [0.05, 0.1) is 11.7 Å². The summed E-state index contributed by atoms with van der Waals surface area (Å²) in [6.07, 6.45) is -2.01. The summed E-state index contributed by atoms with van der Waals surface area (Å²) in [6.45, 7) is 1.87. The molecule has 1 saturated heterocycles. The lowest BCUT2D eigenvalue weighted by atomic mass is 10.1. The van der Waals surface area contributed by atoms with Crippen LogP contribution in [0.4, 0.5) is 4.39 Å². The van der Waals surface area contributed by atoms with Gasteiger partial charge in [-0.1, -0.05) is 41.1 Å². The fourth-order valence-electron chi connectivity index (χ4n) is 1.91. The van der Waals surface area contributed by atoms with E-state index in [1.54, 1.807) is 30.3 Å². The molecule has 0 amide bonds. The fourth-order valence-corrected chi connectivity index (χ4v) is 2.49. The molecule has 0 N–H and O–H groups in total. The van der Waals surface area contributed by atoms with E-state index in [1.807, 2.05) is 6.92 Å². The second-order valence-electron chi connectivity index (χ2n) is 4.11. The van der Waals surface area contributed by atoms with Crippen LogP contribution >= 0.6 is 15.9 Å². The molecular formula is C13H14BrFO3. The predicted molar refractivity (Wildman–Crippen MR) is 68.4 cm³/mol. The molecule has 1 aliphatic heterocycles. The Balaban J connectivity index is 2.06. The maximum atomic E-state index is 13.8. The Hall–Kier alpha value is -0.940. The lowest BCUT2D eigenvalue weighted by Crippen LogP contribution is -2.33. The average Bonchev–Trinajstić information content (AvgIpc) is 2.67. The number of ether oxygens (including phenoxy) is 2. The van der Waals surface area contributed by atoms with Crippen LogP contribution in [0.5, 0.6) is 0 Å². The Morgan fingerprint density at radius 2 is 2.11 bits per heavy atom. The van der Waals surface area contributed by atoms with Crippen LogP contribution in [0.15, 0.2) is 30.3 Å². The first kappa shape index (κ1) is 13.5. The Morgan fingerprint density at radius 3 is 2.72 bits per heavy atom. The van der Waals surface area contributed by atoms with E-state index >= 15 is 0 Å². The van der Waals surface area contributed by atoms with Crippen molar-refractivity contribution in [1.29, 1.82) is 0 Å². The second kappa shape index (κ2) is 5.80. The number of hydrogen-bond acceptors (Lipinski definition) is 3. The van der Waals surface area contributed by atoms with E-state index in [9.17, 15) is 9.18 Å². The molecule has 18 heavy (non-hydrogen) atoms. The molecule has 2 rings (SSSR count). The summed E-state index contributed by atoms with van der Waals surface area (Å²) in [5, 5.41) is -0.712. The molecule has 1 heterocycles. The van der Waals surface area contributed by atoms with Crippen LogP contribution in [0.2, 0.25) is 0 Å². The molecule has 1 aliphatic rings. The van der Waals surface area contributed by atoms with Crippen LogP contribution in [0, 0.1) is 0 Å². The van der Waals surface area contributed by atoms with E-state index in [-0.39, 0.29) is 0 Å². The SMILES string of the molecule is CC[C@H]1O[C@H](Br)[C@H](F)C1OC(=O)c1ccccc1. The molecule has 4 atom stereocenters. The first-order valence-electron chi connectivity index (χ1n) is 5.83. The van der Waals surface area contributed by atoms with Crippen LogP contribution in [-0.4, -0.2) is 29.4 Å². The van der Waals surface area contributed by atoms with E-state index in [1.165, 1.54) is 0 Å². The van der Waals surface area contributed by atoms with E-state index in [0.717, 1.165) is 0 Å². The largest absolute Gasteiger partial charge is 0.453 e. The molecular weight excluding hydrogens is 303 g/mol. The summed E-state index contributed by atoms with van der Waals surface area (Å²) in [4.78, 5) is 11.9. The number of benzene rings is 1. The van der Waals surface area contributed by atoms with Gasteiger partial charge >= 0.3 is 5.97 Å². The standard InChI is InChI=1S/C13H14BrFO3/c1-2-9-11(10(15)12(14)17-9)18-13(16)8-6-4-3-5-7-8/h3-7,9-12H,2H2,1H3/t9-,10-,11?,12+/m1/s1. The molecule has 0 spiro atoms. The van der Waals surface area contributed by atoms with Crippen molar-refractivity contribution in [3.05, 3.63) is 35.9 Å². The highest BCUT2D eigenvalue weighted by molar-refractivity contribution is 9.09. The molecule has 0 aliphatic carbocycles. The first-order valence-corrected chi connectivity index (χ1v) is 6.74. The van der Waals surface area contributed by atoms with E-state index in [4.69, 9.17) is 9.47 Å². The van der Waals surface area contributed by atoms with Gasteiger partial charge in [0.25, 0.3) is 0 Å². The minimum Gasteiger partial charge on any atom is -0.453 e. The summed E-state index contributed by atoms with van der Waals surface area (Å²) in [6, 6.07) is 8.55. The summed E-state index contributed by atoms with van der Waals surface area (Å²) < 4.78 is 24.4. The van der Waals surface area contributed by atoms with Crippen molar-refractivity contribution in [2.75, 3.05) is 0 Å². The number of alkyl halides is 2. The Labute approximate surface area is 113 Å². The quantitative estimate of drug-likeness (QED) is 0.635. The number of carbonyl (C=O) groups excluding carboxylic acids is 1. The van der Waals surface area contributed by atoms with Gasteiger partial charge in [-0.25, -0.2) is 9.18 Å². The lowest BCUT2D eigenvalue weighted by Gasteiger charge is -2.18. The van der Waals surface area contributed by atoms with Gasteiger partial charge < -0.3 is 9.47 Å². The Kier molecular flexibility index (Phi) is 4.35. The summed E-state index contributed by atoms with van der Waals surface area (Å²) in [5.41, 5.74) is 0.414. The number of carbonyl (C=O) groups is 1. The maximum Gasteiger partial charge on any atom is 0.338 e. The highest BCUT2D eigenvalue weighted by Gasteiger charge is 2.45. The number of rotatable bonds is 3. The molecule has 5 heteroatoms. The third kappa shape index (κ3) is 2.72. The zero-order chi connectivity index (χ0) is 13.1. The van der Waals surface area contributed by atoms with Gasteiger partial charge in [0.15, 0.2) is 12.3 Å². The molecule has 3 nitrogen and oxygen atoms in total. The van der Waals surface area contributed by atoms with Gasteiger partial charge in [-0.15, -0.1) is 0 Å². The van der Waals surface area contributed by atoms with Crippen molar-refractivity contribution in [1.82, 2.24) is 0 Å². The van der Waals surface area contributed by atoms with Crippen molar-refractivity contribution in [3.8, 4) is 0 Å². The Bertz CT molecular complexity index is 412. The summed E-state index contributed by atoms with van der Waals surface area (Å²) in [7, 11) is 0. The maximum absolute atomic E-state index is 13.8. The van der Waals surface area contributed by atoms with Gasteiger partial charge in [-0.3, -0.25) is 0 Å². The normalized spacial score (nSPS) is 31.3. The van der Waals surface area contributed by atoms with Crippen LogP contribution in [-0.2, 0) is 9.47 Å². The molecule has 0 bridgehead atoms. The smallest absolute Gasteiger partial charge is 0.338 e. The fraction of sp³-hybridized carbons (Fsp3) is 0.462. The molecule has 98 valence electrons. The van der Waals surface area contributed by atoms with E-state index < -0.39 is 29.4 Å². The third-order valence-corrected chi connectivity index (χ3v) is 3.61. The number of halogens is 2. The molecule has 1 fully saturated rings. The highest BCUT2D eigenvalue weighted by atomic mass is 79.9. The van der Waals surface area contributed by atoms with Crippen LogP contribution in [0.3, 0.4) is 0 Å². The molecule has 0 radical (unpaired) electrons. The van der Waals surface area contributed by atoms with Crippen LogP contribution in [0.1, 0.15) is 23.7 Å². The molecule has 0 saturated carbocycles. The van der Waals surface area contributed by atoms with Crippen LogP contribution in [0.25, 0.3) is 0 Å². The predicted octanol–water partition coefficient (Wildman–Crippen LogP) is 3.08. The van der Waals surface area contributed by atoms with Crippen molar-refractivity contribution < 1.29 is 18.7 Å². The second-order valence-corrected chi connectivity index (χ2v) is 5.02. The van der Waals surface area contributed by atoms with Gasteiger partial charge in [0, 0.05) is 0 Å². The van der Waals surface area contributed by atoms with Crippen molar-refractivity contribution in [3.63, 3.8) is 0 Å². The Morgan fingerprint density at radius 1 is 1.44 bits per heavy atom. The van der Waals surface area contributed by atoms with E-state index in [2.05, 4.69) is 15.9 Å². The lowest BCUT2D eigenvalue weighted by molar-refractivity contribution is -0.00905. The third-order valence-electron chi connectivity index (χ3n) is 2.89. The van der Waals surface area contributed by atoms with Crippen LogP contribution < -0.4 is 0 Å². The topological polar surface area (TPSA) is 35.5 Å².